The molecule has 0 bridgehead atoms. The number of aliphatic imine (C=N–C) groups is 1. The number of hydrogen-bond donors (Lipinski definition) is 2. The number of ether oxygens (including phenoxy) is 1. The number of anilines is 1. The van der Waals surface area contributed by atoms with E-state index in [1.807, 2.05) is 73.7 Å². The highest BCUT2D eigenvalue weighted by atomic mass is 16.5. The molecule has 3 rings (SSSR count). The summed E-state index contributed by atoms with van der Waals surface area (Å²) in [5, 5.41) is 12.0. The van der Waals surface area contributed by atoms with Gasteiger partial charge in [-0.05, 0) is 36.2 Å². The lowest BCUT2D eigenvalue weighted by atomic mass is 9.89. The summed E-state index contributed by atoms with van der Waals surface area (Å²) >= 11 is 0. The Kier molecular flexibility index (Phi) is 7.27. The van der Waals surface area contributed by atoms with Crippen LogP contribution in [-0.2, 0) is 4.79 Å². The van der Waals surface area contributed by atoms with Crippen molar-refractivity contribution in [2.45, 2.75) is 18.9 Å². The van der Waals surface area contributed by atoms with E-state index >= 15 is 0 Å². The molecule has 6 heteroatoms. The van der Waals surface area contributed by atoms with Gasteiger partial charge in [-0.2, -0.15) is 0 Å². The third-order valence-electron chi connectivity index (χ3n) is 4.94. The van der Waals surface area contributed by atoms with Gasteiger partial charge in [0, 0.05) is 36.9 Å². The Morgan fingerprint density at radius 3 is 2.52 bits per heavy atom. The smallest absolute Gasteiger partial charge is 0.204 e. The Bertz CT molecular complexity index is 1060. The molecule has 0 amide bonds. The second-order valence-electron chi connectivity index (χ2n) is 7.12. The van der Waals surface area contributed by atoms with E-state index in [0.717, 1.165) is 22.5 Å². The van der Waals surface area contributed by atoms with Gasteiger partial charge >= 0.3 is 0 Å². The van der Waals surface area contributed by atoms with E-state index in [-0.39, 0.29) is 11.5 Å². The summed E-state index contributed by atoms with van der Waals surface area (Å²) in [7, 11) is 3.23. The van der Waals surface area contributed by atoms with E-state index in [0.29, 0.717) is 5.75 Å². The third kappa shape index (κ3) is 5.42. The minimum Gasteiger partial charge on any atom is -0.497 e. The molecule has 1 heterocycles. The summed E-state index contributed by atoms with van der Waals surface area (Å²) in [4.78, 5) is 22.0. The van der Waals surface area contributed by atoms with Crippen molar-refractivity contribution in [3.63, 3.8) is 0 Å². The summed E-state index contributed by atoms with van der Waals surface area (Å²) in [6, 6.07) is 19.8. The normalized spacial score (nSPS) is 12.9. The molecule has 1 aromatic heterocycles. The van der Waals surface area contributed by atoms with Gasteiger partial charge in [-0.15, -0.1) is 0 Å². The van der Waals surface area contributed by atoms with Crippen LogP contribution in [-0.4, -0.2) is 36.9 Å². The van der Waals surface area contributed by atoms with E-state index in [2.05, 4.69) is 15.3 Å². The van der Waals surface area contributed by atoms with Crippen LogP contribution in [0.4, 0.5) is 5.69 Å². The maximum absolute atomic E-state index is 13.6. The average Bonchev–Trinajstić information content (AvgIpc) is 2.81. The van der Waals surface area contributed by atoms with Crippen LogP contribution in [0.25, 0.3) is 0 Å². The van der Waals surface area contributed by atoms with E-state index in [1.165, 1.54) is 0 Å². The van der Waals surface area contributed by atoms with Crippen LogP contribution >= 0.6 is 0 Å². The minimum atomic E-state index is -0.730. The van der Waals surface area contributed by atoms with Crippen molar-refractivity contribution in [3.8, 4) is 5.75 Å². The van der Waals surface area contributed by atoms with Gasteiger partial charge in [0.05, 0.1) is 18.7 Å². The van der Waals surface area contributed by atoms with E-state index in [9.17, 15) is 4.79 Å². The summed E-state index contributed by atoms with van der Waals surface area (Å²) < 4.78 is 5.30. The van der Waals surface area contributed by atoms with Crippen molar-refractivity contribution in [1.29, 1.82) is 5.41 Å². The van der Waals surface area contributed by atoms with Gasteiger partial charge in [-0.25, -0.2) is 0 Å². The number of aryl methyl sites for hydroxylation is 1. The number of ketones is 1. The van der Waals surface area contributed by atoms with Gasteiger partial charge in [0.1, 0.15) is 11.8 Å². The second-order valence-corrected chi connectivity index (χ2v) is 7.12. The van der Waals surface area contributed by atoms with E-state index in [4.69, 9.17) is 10.1 Å². The van der Waals surface area contributed by atoms with Crippen molar-refractivity contribution in [3.05, 3.63) is 89.7 Å². The number of Topliss-reactive ketones (excluding diaryl/α,β-unsaturated/α-hetero) is 1. The van der Waals surface area contributed by atoms with E-state index in [1.54, 1.807) is 26.6 Å². The van der Waals surface area contributed by atoms with Gasteiger partial charge in [-0.1, -0.05) is 42.5 Å². The molecule has 0 aliphatic rings. The number of pyridine rings is 1. The highest BCUT2D eigenvalue weighted by molar-refractivity contribution is 6.45. The predicted octanol–water partition coefficient (Wildman–Crippen LogP) is 4.63. The zero-order valence-electron chi connectivity index (χ0n) is 17.9. The highest BCUT2D eigenvalue weighted by Crippen LogP contribution is 2.26. The number of benzene rings is 2. The quantitative estimate of drug-likeness (QED) is 0.500. The average molecular weight is 415 g/mol. The number of nitrogens with one attached hydrogen (secondary N) is 2. The molecule has 3 aromatic rings. The molecule has 6 nitrogen and oxygen atoms in total. The van der Waals surface area contributed by atoms with Crippen LogP contribution in [0.5, 0.6) is 5.75 Å². The molecule has 158 valence electrons. The summed E-state index contributed by atoms with van der Waals surface area (Å²) in [6.45, 7) is 1.90. The zero-order chi connectivity index (χ0) is 22.2. The van der Waals surface area contributed by atoms with Crippen molar-refractivity contribution < 1.29 is 9.53 Å². The molecule has 0 radical (unpaired) electrons. The lowest BCUT2D eigenvalue weighted by Gasteiger charge is -2.22. The van der Waals surface area contributed by atoms with Crippen LogP contribution < -0.4 is 10.1 Å². The molecular formula is C25H26N4O2. The number of rotatable bonds is 9. The standard InChI is InChI=1S/C25H26N4O2/c1-17-12-13-19(15-28-17)22(16-27-2)23(26)25(30)24(18-8-5-4-6-9-18)29-20-10-7-11-21(14-20)31-3/h4-16,22,24,26,29H,1-3H3. The van der Waals surface area contributed by atoms with Gasteiger partial charge in [0.25, 0.3) is 0 Å². The zero-order valence-corrected chi connectivity index (χ0v) is 17.9. The fourth-order valence-electron chi connectivity index (χ4n) is 3.27. The molecule has 2 N–H and O–H groups in total. The molecule has 0 saturated carbocycles. The van der Waals surface area contributed by atoms with Gasteiger partial charge in [0.15, 0.2) is 0 Å². The van der Waals surface area contributed by atoms with Gasteiger partial charge in [0.2, 0.25) is 5.78 Å². The molecule has 2 atom stereocenters. The Balaban J connectivity index is 1.96. The minimum absolute atomic E-state index is 0.0551. The molecule has 0 fully saturated rings. The Labute approximate surface area is 182 Å². The summed E-state index contributed by atoms with van der Waals surface area (Å²) in [6.07, 6.45) is 3.30. The first kappa shape index (κ1) is 21.9. The van der Waals surface area contributed by atoms with E-state index < -0.39 is 12.0 Å². The number of aromatic nitrogens is 1. The number of carbonyl (C=O) groups is 1. The molecule has 0 spiro atoms. The fourth-order valence-corrected chi connectivity index (χ4v) is 3.27. The molecular weight excluding hydrogens is 388 g/mol. The third-order valence-corrected chi connectivity index (χ3v) is 4.94. The fraction of sp³-hybridized carbons (Fsp3) is 0.200. The molecule has 31 heavy (non-hydrogen) atoms. The first-order valence-electron chi connectivity index (χ1n) is 9.96. The molecule has 2 unspecified atom stereocenters. The number of hydrogen-bond acceptors (Lipinski definition) is 6. The lowest BCUT2D eigenvalue weighted by molar-refractivity contribution is -0.113. The Morgan fingerprint density at radius 2 is 1.87 bits per heavy atom. The predicted molar refractivity (Wildman–Crippen MR) is 125 cm³/mol. The monoisotopic (exact) mass is 414 g/mol. The SMILES string of the molecule is CN=CC(C(=N)C(=O)C(Nc1cccc(OC)c1)c1ccccc1)c1ccc(C)nc1. The topological polar surface area (TPSA) is 87.4 Å². The van der Waals surface area contributed by atoms with Crippen LogP contribution in [0.2, 0.25) is 0 Å². The number of carbonyl (C=O) groups excluding carboxylic acids is 1. The summed E-state index contributed by atoms with van der Waals surface area (Å²) in [5.74, 6) is -0.232. The van der Waals surface area contributed by atoms with Crippen LogP contribution in [0.15, 0.2) is 77.9 Å². The van der Waals surface area contributed by atoms with Crippen molar-refractivity contribution >= 4 is 23.4 Å². The maximum atomic E-state index is 13.6. The largest absolute Gasteiger partial charge is 0.497 e. The number of methoxy groups -OCH3 is 1. The van der Waals surface area contributed by atoms with Gasteiger partial charge in [-0.3, -0.25) is 14.8 Å². The molecule has 0 aliphatic heterocycles. The highest BCUT2D eigenvalue weighted by Gasteiger charge is 2.29. The van der Waals surface area contributed by atoms with Crippen LogP contribution in [0.1, 0.15) is 28.8 Å². The lowest BCUT2D eigenvalue weighted by Crippen LogP contribution is -2.32. The van der Waals surface area contributed by atoms with Crippen LogP contribution in [0.3, 0.4) is 0 Å². The maximum Gasteiger partial charge on any atom is 0.204 e. The first-order valence-corrected chi connectivity index (χ1v) is 9.96. The Hall–Kier alpha value is -3.80. The summed E-state index contributed by atoms with van der Waals surface area (Å²) in [5.41, 5.74) is 3.07. The molecule has 2 aromatic carbocycles. The van der Waals surface area contributed by atoms with Crippen molar-refractivity contribution in [2.24, 2.45) is 4.99 Å². The van der Waals surface area contributed by atoms with Crippen LogP contribution in [0, 0.1) is 12.3 Å². The second kappa shape index (κ2) is 10.3. The van der Waals surface area contributed by atoms with Crippen molar-refractivity contribution in [2.75, 3.05) is 19.5 Å². The Morgan fingerprint density at radius 1 is 1.10 bits per heavy atom. The van der Waals surface area contributed by atoms with Gasteiger partial charge < -0.3 is 15.5 Å². The van der Waals surface area contributed by atoms with Crippen molar-refractivity contribution in [1.82, 2.24) is 4.98 Å². The first-order chi connectivity index (χ1) is 15.0. The molecule has 0 aliphatic carbocycles. The number of nitrogens with zero attached hydrogens (tertiary/aromatic N) is 2. The molecule has 0 saturated heterocycles.